The zero-order valence-electron chi connectivity index (χ0n) is 16.5. The topological polar surface area (TPSA) is 78.5 Å². The van der Waals surface area contributed by atoms with E-state index >= 15 is 0 Å². The van der Waals surface area contributed by atoms with Crippen LogP contribution in [0.15, 0.2) is 47.4 Å². The average molecular weight is 402 g/mol. The van der Waals surface area contributed by atoms with E-state index < -0.39 is 10.0 Å². The fourth-order valence-corrected chi connectivity index (χ4v) is 4.84. The van der Waals surface area contributed by atoms with Gasteiger partial charge >= 0.3 is 0 Å². The molecule has 2 aromatic rings. The SMILES string of the molecule is CC(=O)Nc1ccc(S(=O)(=O)N2CCC(Nc3ccc(C)c(C)c3)CC2)cc1. The van der Waals surface area contributed by atoms with Crippen LogP contribution < -0.4 is 10.6 Å². The van der Waals surface area contributed by atoms with Gasteiger partial charge in [0.1, 0.15) is 0 Å². The van der Waals surface area contributed by atoms with Gasteiger partial charge in [0.05, 0.1) is 4.90 Å². The van der Waals surface area contributed by atoms with Crippen LogP contribution in [0.4, 0.5) is 11.4 Å². The third-order valence-corrected chi connectivity index (χ3v) is 7.06. The van der Waals surface area contributed by atoms with Crippen LogP contribution in [0.1, 0.15) is 30.9 Å². The van der Waals surface area contributed by atoms with Crippen molar-refractivity contribution in [3.63, 3.8) is 0 Å². The van der Waals surface area contributed by atoms with Crippen LogP contribution in [0, 0.1) is 13.8 Å². The van der Waals surface area contributed by atoms with Gasteiger partial charge in [-0.3, -0.25) is 4.79 Å². The Hall–Kier alpha value is -2.38. The Morgan fingerprint density at radius 2 is 1.57 bits per heavy atom. The Morgan fingerprint density at radius 1 is 0.964 bits per heavy atom. The minimum Gasteiger partial charge on any atom is -0.382 e. The van der Waals surface area contributed by atoms with Crippen LogP contribution >= 0.6 is 0 Å². The summed E-state index contributed by atoms with van der Waals surface area (Å²) in [6, 6.07) is 12.9. The minimum atomic E-state index is -3.52. The molecular weight excluding hydrogens is 374 g/mol. The number of piperidine rings is 1. The van der Waals surface area contributed by atoms with Crippen molar-refractivity contribution in [2.24, 2.45) is 0 Å². The van der Waals surface area contributed by atoms with E-state index in [-0.39, 0.29) is 16.8 Å². The van der Waals surface area contributed by atoms with Gasteiger partial charge in [0.2, 0.25) is 15.9 Å². The summed E-state index contributed by atoms with van der Waals surface area (Å²) in [7, 11) is -3.52. The summed E-state index contributed by atoms with van der Waals surface area (Å²) in [5.74, 6) is -0.186. The first-order valence-corrected chi connectivity index (χ1v) is 10.9. The Bertz CT molecular complexity index is 947. The van der Waals surface area contributed by atoms with Gasteiger partial charge in [0.25, 0.3) is 0 Å². The lowest BCUT2D eigenvalue weighted by atomic mass is 10.0. The molecule has 1 saturated heterocycles. The molecule has 1 amide bonds. The van der Waals surface area contributed by atoms with Crippen LogP contribution in [-0.4, -0.2) is 37.8 Å². The number of nitrogens with one attached hydrogen (secondary N) is 2. The van der Waals surface area contributed by atoms with Crippen LogP contribution in [0.25, 0.3) is 0 Å². The standard InChI is InChI=1S/C21H27N3O3S/c1-15-4-5-20(14-16(15)2)23-19-10-12-24(13-11-19)28(26,27)21-8-6-18(7-9-21)22-17(3)25/h4-9,14,19,23H,10-13H2,1-3H3,(H,22,25). The van der Waals surface area contributed by atoms with E-state index in [4.69, 9.17) is 0 Å². The lowest BCUT2D eigenvalue weighted by Crippen LogP contribution is -2.42. The van der Waals surface area contributed by atoms with Crippen molar-refractivity contribution in [2.75, 3.05) is 23.7 Å². The van der Waals surface area contributed by atoms with Crippen molar-refractivity contribution in [3.8, 4) is 0 Å². The summed E-state index contributed by atoms with van der Waals surface area (Å²) in [5, 5.41) is 6.17. The van der Waals surface area contributed by atoms with Crippen LogP contribution in [0.2, 0.25) is 0 Å². The van der Waals surface area contributed by atoms with Crippen molar-refractivity contribution in [2.45, 2.75) is 44.6 Å². The highest BCUT2D eigenvalue weighted by molar-refractivity contribution is 7.89. The van der Waals surface area contributed by atoms with E-state index in [0.717, 1.165) is 18.5 Å². The minimum absolute atomic E-state index is 0.186. The van der Waals surface area contributed by atoms with Gasteiger partial charge in [-0.2, -0.15) is 4.31 Å². The second-order valence-corrected chi connectivity index (χ2v) is 9.27. The fraction of sp³-hybridized carbons (Fsp3) is 0.381. The first-order chi connectivity index (χ1) is 13.3. The summed E-state index contributed by atoms with van der Waals surface area (Å²) in [5.41, 5.74) is 4.17. The maximum atomic E-state index is 12.9. The summed E-state index contributed by atoms with van der Waals surface area (Å²) in [6.07, 6.45) is 1.52. The number of carbonyl (C=O) groups excluding carboxylic acids is 1. The Morgan fingerprint density at radius 3 is 2.14 bits per heavy atom. The van der Waals surface area contributed by atoms with Crippen molar-refractivity contribution >= 4 is 27.3 Å². The molecule has 7 heteroatoms. The predicted octanol–water partition coefficient (Wildman–Crippen LogP) is 3.53. The predicted molar refractivity (Wildman–Crippen MR) is 112 cm³/mol. The molecule has 1 heterocycles. The molecule has 0 radical (unpaired) electrons. The lowest BCUT2D eigenvalue weighted by Gasteiger charge is -2.32. The van der Waals surface area contributed by atoms with Gasteiger partial charge in [-0.05, 0) is 74.2 Å². The number of sulfonamides is 1. The summed E-state index contributed by atoms with van der Waals surface area (Å²) in [6.45, 7) is 6.56. The first-order valence-electron chi connectivity index (χ1n) is 9.47. The highest BCUT2D eigenvalue weighted by atomic mass is 32.2. The third kappa shape index (κ3) is 4.72. The van der Waals surface area contributed by atoms with E-state index in [1.807, 2.05) is 0 Å². The van der Waals surface area contributed by atoms with Crippen LogP contribution in [-0.2, 0) is 14.8 Å². The number of rotatable bonds is 5. The molecule has 0 spiro atoms. The first kappa shape index (κ1) is 20.4. The number of hydrogen-bond acceptors (Lipinski definition) is 4. The number of nitrogens with zero attached hydrogens (tertiary/aromatic N) is 1. The number of aryl methyl sites for hydroxylation is 2. The van der Waals surface area contributed by atoms with E-state index in [0.29, 0.717) is 18.8 Å². The van der Waals surface area contributed by atoms with Crippen molar-refractivity contribution in [3.05, 3.63) is 53.6 Å². The molecule has 150 valence electrons. The van der Waals surface area contributed by atoms with Gasteiger partial charge < -0.3 is 10.6 Å². The molecule has 0 unspecified atom stereocenters. The number of hydrogen-bond donors (Lipinski definition) is 2. The molecule has 1 aliphatic rings. The Labute approximate surface area is 167 Å². The van der Waals surface area contributed by atoms with Gasteiger partial charge in [-0.15, -0.1) is 0 Å². The number of carbonyl (C=O) groups is 1. The third-order valence-electron chi connectivity index (χ3n) is 5.14. The fourth-order valence-electron chi connectivity index (χ4n) is 3.37. The Kier molecular flexibility index (Phi) is 6.05. The molecule has 0 atom stereocenters. The molecule has 6 nitrogen and oxygen atoms in total. The summed E-state index contributed by atoms with van der Waals surface area (Å²) in [4.78, 5) is 11.3. The van der Waals surface area contributed by atoms with Gasteiger partial charge in [-0.25, -0.2) is 8.42 Å². The van der Waals surface area contributed by atoms with Crippen LogP contribution in [0.3, 0.4) is 0 Å². The highest BCUT2D eigenvalue weighted by Crippen LogP contribution is 2.24. The second kappa shape index (κ2) is 8.32. The van der Waals surface area contributed by atoms with Gasteiger partial charge in [0, 0.05) is 37.4 Å². The molecule has 1 fully saturated rings. The quantitative estimate of drug-likeness (QED) is 0.803. The lowest BCUT2D eigenvalue weighted by molar-refractivity contribution is -0.114. The second-order valence-electron chi connectivity index (χ2n) is 7.33. The summed E-state index contributed by atoms with van der Waals surface area (Å²) < 4.78 is 27.3. The molecular formula is C21H27N3O3S. The zero-order chi connectivity index (χ0) is 20.3. The van der Waals surface area contributed by atoms with E-state index in [9.17, 15) is 13.2 Å². The molecule has 0 aliphatic carbocycles. The molecule has 0 aromatic heterocycles. The Balaban J connectivity index is 1.61. The molecule has 28 heavy (non-hydrogen) atoms. The highest BCUT2D eigenvalue weighted by Gasteiger charge is 2.29. The smallest absolute Gasteiger partial charge is 0.243 e. The van der Waals surface area contributed by atoms with E-state index in [1.165, 1.54) is 18.1 Å². The molecule has 2 aromatic carbocycles. The van der Waals surface area contributed by atoms with E-state index in [2.05, 4.69) is 42.7 Å². The average Bonchev–Trinajstić information content (AvgIpc) is 2.65. The maximum absolute atomic E-state index is 12.9. The number of amides is 1. The molecule has 2 N–H and O–H groups in total. The van der Waals surface area contributed by atoms with Crippen molar-refractivity contribution in [1.29, 1.82) is 0 Å². The van der Waals surface area contributed by atoms with Gasteiger partial charge in [-0.1, -0.05) is 6.07 Å². The summed E-state index contributed by atoms with van der Waals surface area (Å²) >= 11 is 0. The van der Waals surface area contributed by atoms with Crippen molar-refractivity contribution in [1.82, 2.24) is 4.31 Å². The largest absolute Gasteiger partial charge is 0.382 e. The number of benzene rings is 2. The monoisotopic (exact) mass is 401 g/mol. The van der Waals surface area contributed by atoms with Gasteiger partial charge in [0.15, 0.2) is 0 Å². The van der Waals surface area contributed by atoms with Crippen molar-refractivity contribution < 1.29 is 13.2 Å². The maximum Gasteiger partial charge on any atom is 0.243 e. The molecule has 3 rings (SSSR count). The zero-order valence-corrected chi connectivity index (χ0v) is 17.3. The number of anilines is 2. The molecule has 1 aliphatic heterocycles. The van der Waals surface area contributed by atoms with Crippen LogP contribution in [0.5, 0.6) is 0 Å². The normalized spacial score (nSPS) is 16.0. The molecule has 0 saturated carbocycles. The molecule has 0 bridgehead atoms. The van der Waals surface area contributed by atoms with E-state index in [1.54, 1.807) is 28.6 Å².